The fourth-order valence-corrected chi connectivity index (χ4v) is 0.336. The van der Waals surface area contributed by atoms with Crippen molar-refractivity contribution in [2.45, 2.75) is 12.5 Å². The van der Waals surface area contributed by atoms with E-state index in [0.29, 0.717) is 0 Å². The van der Waals surface area contributed by atoms with Gasteiger partial charge in [0.15, 0.2) is 0 Å². The topological polar surface area (TPSA) is 98.2 Å². The van der Waals surface area contributed by atoms with E-state index < -0.39 is 11.9 Å². The highest BCUT2D eigenvalue weighted by atomic mass is 16.1. The third-order valence-electron chi connectivity index (χ3n) is 0.749. The van der Waals surface area contributed by atoms with Gasteiger partial charge in [-0.3, -0.25) is 15.4 Å². The monoisotopic (exact) mass is 130 g/mol. The van der Waals surface area contributed by atoms with Gasteiger partial charge in [-0.05, 0) is 0 Å². The molecule has 51 valence electrons. The number of primary amides is 1. The minimum absolute atomic E-state index is 0.111. The van der Waals surface area contributed by atoms with E-state index in [1.165, 1.54) is 6.29 Å². The second-order valence-corrected chi connectivity index (χ2v) is 1.51. The van der Waals surface area contributed by atoms with Gasteiger partial charge in [-0.25, -0.2) is 5.43 Å². The van der Waals surface area contributed by atoms with Crippen molar-refractivity contribution in [3.63, 3.8) is 0 Å². The van der Waals surface area contributed by atoms with Gasteiger partial charge in [-0.1, -0.05) is 0 Å². The molecule has 0 aromatic rings. The zero-order valence-electron chi connectivity index (χ0n) is 4.76. The Morgan fingerprint density at radius 1 is 1.78 bits per heavy atom. The maximum Gasteiger partial charge on any atom is 0.219 e. The number of nitrogens with one attached hydrogen (secondary N) is 1. The van der Waals surface area contributed by atoms with Gasteiger partial charge in [0.2, 0.25) is 12.2 Å². The highest BCUT2D eigenvalue weighted by Crippen LogP contribution is 1.81. The van der Waals surface area contributed by atoms with E-state index >= 15 is 0 Å². The van der Waals surface area contributed by atoms with Gasteiger partial charge in [-0.15, -0.1) is 0 Å². The molecule has 0 spiro atoms. The molecule has 0 saturated carbocycles. The van der Waals surface area contributed by atoms with Crippen LogP contribution in [0.2, 0.25) is 0 Å². The van der Waals surface area contributed by atoms with Crippen LogP contribution in [-0.2, 0) is 9.59 Å². The van der Waals surface area contributed by atoms with Gasteiger partial charge in [0.1, 0.15) is 0 Å². The van der Waals surface area contributed by atoms with Crippen molar-refractivity contribution < 1.29 is 9.59 Å². The zero-order chi connectivity index (χ0) is 7.28. The Morgan fingerprint density at radius 3 is 2.44 bits per heavy atom. The molecule has 1 radical (unpaired) electrons. The van der Waals surface area contributed by atoms with Gasteiger partial charge in [-0.2, -0.15) is 0 Å². The Hall–Kier alpha value is -0.940. The Labute approximate surface area is 52.4 Å². The van der Waals surface area contributed by atoms with Crippen molar-refractivity contribution in [2.75, 3.05) is 0 Å². The summed E-state index contributed by atoms with van der Waals surface area (Å²) in [6, 6.07) is -0.775. The smallest absolute Gasteiger partial charge is 0.219 e. The van der Waals surface area contributed by atoms with Crippen LogP contribution in [-0.4, -0.2) is 18.2 Å². The van der Waals surface area contributed by atoms with Crippen molar-refractivity contribution in [3.05, 3.63) is 0 Å². The molecule has 0 aromatic heterocycles. The molecule has 0 fully saturated rings. The summed E-state index contributed by atoms with van der Waals surface area (Å²) < 4.78 is 0. The van der Waals surface area contributed by atoms with E-state index in [1.54, 1.807) is 0 Å². The summed E-state index contributed by atoms with van der Waals surface area (Å²) in [5, 5.41) is 0. The molecule has 5 nitrogen and oxygen atoms in total. The molecule has 0 heterocycles. The average Bonchev–Trinajstić information content (AvgIpc) is 1.82. The second kappa shape index (κ2) is 3.99. The minimum Gasteiger partial charge on any atom is -0.370 e. The summed E-state index contributed by atoms with van der Waals surface area (Å²) >= 11 is 0. The predicted octanol–water partition coefficient (Wildman–Crippen LogP) is -2.20. The molecule has 9 heavy (non-hydrogen) atoms. The zero-order valence-corrected chi connectivity index (χ0v) is 4.76. The first-order valence-corrected chi connectivity index (χ1v) is 2.32. The highest BCUT2D eigenvalue weighted by Gasteiger charge is 2.07. The van der Waals surface area contributed by atoms with Crippen LogP contribution in [0.1, 0.15) is 6.42 Å². The van der Waals surface area contributed by atoms with Crippen LogP contribution in [0.15, 0.2) is 0 Å². The first kappa shape index (κ1) is 8.06. The fraction of sp³-hybridized carbons (Fsp3) is 0.500. The summed E-state index contributed by atoms with van der Waals surface area (Å²) in [5.74, 6) is 4.23. The normalized spacial score (nSPS) is 12.6. The van der Waals surface area contributed by atoms with Crippen LogP contribution in [0.5, 0.6) is 0 Å². The van der Waals surface area contributed by atoms with Gasteiger partial charge in [0.05, 0.1) is 12.5 Å². The van der Waals surface area contributed by atoms with Gasteiger partial charge < -0.3 is 5.73 Å². The second-order valence-electron chi connectivity index (χ2n) is 1.51. The number of rotatable bonds is 4. The van der Waals surface area contributed by atoms with E-state index in [0.717, 1.165) is 0 Å². The van der Waals surface area contributed by atoms with E-state index in [1.807, 2.05) is 0 Å². The molecular weight excluding hydrogens is 122 g/mol. The molecule has 0 bridgehead atoms. The summed E-state index contributed by atoms with van der Waals surface area (Å²) in [7, 11) is 0. The molecular formula is C4H8N3O2. The van der Waals surface area contributed by atoms with Crippen LogP contribution in [0.4, 0.5) is 0 Å². The fourth-order valence-electron chi connectivity index (χ4n) is 0.336. The molecule has 0 aliphatic carbocycles. The molecule has 0 saturated heterocycles. The molecule has 0 aromatic carbocycles. The quantitative estimate of drug-likeness (QED) is 0.297. The van der Waals surface area contributed by atoms with Crippen molar-refractivity contribution in [3.8, 4) is 0 Å². The SMILES string of the molecule is NN[C@H]([C]=O)CC(N)=O. The first-order chi connectivity index (χ1) is 4.20. The molecule has 0 aliphatic rings. The van der Waals surface area contributed by atoms with E-state index in [9.17, 15) is 9.59 Å². The Kier molecular flexibility index (Phi) is 3.57. The van der Waals surface area contributed by atoms with Crippen LogP contribution >= 0.6 is 0 Å². The standard InChI is InChI=1S/C4H8N3O2/c5-4(9)1-3(2-8)7-6/h3,7H,1,6H2,(H2,5,9)/t3-/m0/s1. The number of hydrogen-bond acceptors (Lipinski definition) is 4. The third-order valence-corrected chi connectivity index (χ3v) is 0.749. The third kappa shape index (κ3) is 3.63. The van der Waals surface area contributed by atoms with Crippen LogP contribution in [0.3, 0.4) is 0 Å². The Balaban J connectivity index is 3.55. The van der Waals surface area contributed by atoms with Crippen LogP contribution in [0, 0.1) is 0 Å². The lowest BCUT2D eigenvalue weighted by Gasteiger charge is -2.01. The molecule has 0 unspecified atom stereocenters. The molecule has 5 heteroatoms. The van der Waals surface area contributed by atoms with E-state index in [2.05, 4.69) is 5.43 Å². The largest absolute Gasteiger partial charge is 0.370 e. The minimum atomic E-state index is -0.775. The van der Waals surface area contributed by atoms with Crippen LogP contribution in [0.25, 0.3) is 0 Å². The molecule has 0 aliphatic heterocycles. The maximum absolute atomic E-state index is 10.1. The van der Waals surface area contributed by atoms with Gasteiger partial charge in [0.25, 0.3) is 0 Å². The number of hydrogen-bond donors (Lipinski definition) is 3. The first-order valence-electron chi connectivity index (χ1n) is 2.32. The molecule has 1 amide bonds. The molecule has 0 rings (SSSR count). The summed E-state index contributed by atoms with van der Waals surface area (Å²) in [6.45, 7) is 0. The number of carbonyl (C=O) groups is 1. The average molecular weight is 130 g/mol. The van der Waals surface area contributed by atoms with Gasteiger partial charge >= 0.3 is 0 Å². The van der Waals surface area contributed by atoms with Crippen molar-refractivity contribution >= 4 is 12.2 Å². The number of carbonyl (C=O) groups excluding carboxylic acids is 2. The summed E-state index contributed by atoms with van der Waals surface area (Å²) in [4.78, 5) is 19.9. The molecule has 5 N–H and O–H groups in total. The molecule has 1 atom stereocenters. The van der Waals surface area contributed by atoms with Crippen molar-refractivity contribution in [2.24, 2.45) is 11.6 Å². The maximum atomic E-state index is 10.1. The van der Waals surface area contributed by atoms with E-state index in [4.69, 9.17) is 11.6 Å². The Bertz CT molecular complexity index is 114. The Morgan fingerprint density at radius 2 is 2.33 bits per heavy atom. The number of hydrazine groups is 1. The lowest BCUT2D eigenvalue weighted by atomic mass is 10.2. The lowest BCUT2D eigenvalue weighted by Crippen LogP contribution is -2.39. The lowest BCUT2D eigenvalue weighted by molar-refractivity contribution is -0.118. The summed E-state index contributed by atoms with van der Waals surface area (Å²) in [6.07, 6.45) is 1.39. The predicted molar refractivity (Wildman–Crippen MR) is 30.6 cm³/mol. The van der Waals surface area contributed by atoms with Crippen LogP contribution < -0.4 is 17.0 Å². The van der Waals surface area contributed by atoms with Gasteiger partial charge in [0, 0.05) is 0 Å². The van der Waals surface area contributed by atoms with Crippen molar-refractivity contribution in [1.29, 1.82) is 0 Å². The van der Waals surface area contributed by atoms with E-state index in [-0.39, 0.29) is 6.42 Å². The summed E-state index contributed by atoms with van der Waals surface area (Å²) in [5.41, 5.74) is 6.79. The number of nitrogens with two attached hydrogens (primary N) is 2. The highest BCUT2D eigenvalue weighted by molar-refractivity contribution is 5.78. The van der Waals surface area contributed by atoms with Crippen molar-refractivity contribution in [1.82, 2.24) is 5.43 Å². The number of amides is 1.